The summed E-state index contributed by atoms with van der Waals surface area (Å²) in [5.41, 5.74) is 4.45. The zero-order valence-electron chi connectivity index (χ0n) is 15.3. The van der Waals surface area contributed by atoms with E-state index in [4.69, 9.17) is 0 Å². The summed E-state index contributed by atoms with van der Waals surface area (Å²) in [6.07, 6.45) is 10.9. The summed E-state index contributed by atoms with van der Waals surface area (Å²) in [7, 11) is 0. The molecule has 0 amide bonds. The Bertz CT molecular complexity index is 933. The Labute approximate surface area is 159 Å². The van der Waals surface area contributed by atoms with E-state index in [1.54, 1.807) is 12.4 Å². The van der Waals surface area contributed by atoms with Gasteiger partial charge in [-0.15, -0.1) is 0 Å². The zero-order valence-corrected chi connectivity index (χ0v) is 15.3. The van der Waals surface area contributed by atoms with E-state index in [1.165, 1.54) is 25.7 Å². The monoisotopic (exact) mass is 360 g/mol. The fourth-order valence-electron chi connectivity index (χ4n) is 3.75. The fourth-order valence-corrected chi connectivity index (χ4v) is 3.75. The summed E-state index contributed by atoms with van der Waals surface area (Å²) in [6.45, 7) is 0.669. The molecule has 27 heavy (non-hydrogen) atoms. The second-order valence-electron chi connectivity index (χ2n) is 7.16. The lowest BCUT2D eigenvalue weighted by atomic mass is 10.0. The average Bonchev–Trinajstić information content (AvgIpc) is 3.09. The van der Waals surface area contributed by atoms with E-state index in [0.717, 1.165) is 40.8 Å². The third-order valence-corrected chi connectivity index (χ3v) is 5.23. The number of hydrogen-bond donors (Lipinski definition) is 3. The molecule has 4 rings (SSSR count). The number of nitrogens with zero attached hydrogens (tertiary/aromatic N) is 3. The predicted molar refractivity (Wildman–Crippen MR) is 107 cm³/mol. The van der Waals surface area contributed by atoms with Gasteiger partial charge >= 0.3 is 0 Å². The van der Waals surface area contributed by atoms with Gasteiger partial charge in [0.25, 0.3) is 0 Å². The minimum absolute atomic E-state index is 0.423. The van der Waals surface area contributed by atoms with Crippen LogP contribution in [0.1, 0.15) is 49.8 Å². The van der Waals surface area contributed by atoms with Crippen LogP contribution in [0.25, 0.3) is 10.9 Å². The molecule has 6 heteroatoms. The van der Waals surface area contributed by atoms with Crippen LogP contribution in [0.5, 0.6) is 0 Å². The van der Waals surface area contributed by atoms with Crippen LogP contribution < -0.4 is 10.6 Å². The van der Waals surface area contributed by atoms with E-state index in [-0.39, 0.29) is 0 Å². The van der Waals surface area contributed by atoms with Crippen LogP contribution in [0.3, 0.4) is 0 Å². The molecule has 1 fully saturated rings. The lowest BCUT2D eigenvalue weighted by molar-refractivity contribution is 0.620. The van der Waals surface area contributed by atoms with Crippen LogP contribution in [-0.2, 0) is 6.54 Å². The maximum absolute atomic E-state index is 9.60. The van der Waals surface area contributed by atoms with Gasteiger partial charge in [-0.3, -0.25) is 10.1 Å². The second kappa shape index (κ2) is 8.09. The highest BCUT2D eigenvalue weighted by molar-refractivity contribution is 5.96. The number of nitriles is 1. The molecular weight excluding hydrogens is 336 g/mol. The number of nitrogens with one attached hydrogen (secondary N) is 3. The van der Waals surface area contributed by atoms with E-state index in [1.807, 2.05) is 18.2 Å². The summed E-state index contributed by atoms with van der Waals surface area (Å²) in [4.78, 5) is 4.47. The molecule has 6 nitrogen and oxygen atoms in total. The molecule has 0 radical (unpaired) electrons. The molecule has 0 aliphatic heterocycles. The topological polar surface area (TPSA) is 89.4 Å². The van der Waals surface area contributed by atoms with Crippen molar-refractivity contribution in [1.29, 1.82) is 5.26 Å². The van der Waals surface area contributed by atoms with Gasteiger partial charge in [0, 0.05) is 29.5 Å². The van der Waals surface area contributed by atoms with Gasteiger partial charge in [-0.25, -0.2) is 0 Å². The number of fused-ring (bicyclic) bond motifs is 1. The van der Waals surface area contributed by atoms with E-state index in [2.05, 4.69) is 38.0 Å². The van der Waals surface area contributed by atoms with Crippen LogP contribution in [-0.4, -0.2) is 21.2 Å². The molecule has 0 spiro atoms. The van der Waals surface area contributed by atoms with Gasteiger partial charge in [0.15, 0.2) is 0 Å². The van der Waals surface area contributed by atoms with Crippen molar-refractivity contribution in [3.8, 4) is 6.07 Å². The molecule has 1 aliphatic carbocycles. The minimum atomic E-state index is 0.423. The Morgan fingerprint density at radius 2 is 2.00 bits per heavy atom. The third-order valence-electron chi connectivity index (χ3n) is 5.23. The molecule has 0 unspecified atom stereocenters. The van der Waals surface area contributed by atoms with Crippen molar-refractivity contribution < 1.29 is 0 Å². The largest absolute Gasteiger partial charge is 0.381 e. The lowest BCUT2D eigenvalue weighted by Gasteiger charge is -2.20. The first-order valence-electron chi connectivity index (χ1n) is 9.65. The zero-order chi connectivity index (χ0) is 18.5. The van der Waals surface area contributed by atoms with Crippen molar-refractivity contribution in [2.75, 3.05) is 10.6 Å². The average molecular weight is 360 g/mol. The molecule has 138 valence electrons. The third kappa shape index (κ3) is 4.03. The Hall–Kier alpha value is -3.07. The van der Waals surface area contributed by atoms with Crippen LogP contribution in [0, 0.1) is 11.3 Å². The highest BCUT2D eigenvalue weighted by Crippen LogP contribution is 2.31. The van der Waals surface area contributed by atoms with Crippen LogP contribution in [0.2, 0.25) is 0 Å². The van der Waals surface area contributed by atoms with Crippen molar-refractivity contribution in [2.45, 2.75) is 51.1 Å². The summed E-state index contributed by atoms with van der Waals surface area (Å²) in [6, 6.07) is 10.8. The summed E-state index contributed by atoms with van der Waals surface area (Å²) in [5, 5.41) is 24.6. The molecule has 1 aromatic carbocycles. The lowest BCUT2D eigenvalue weighted by Crippen LogP contribution is -2.19. The standard InChI is InChI=1S/C21H24N6/c22-12-15-13-24-20-8-7-17(23-14-18-9-10-25-27-18)11-19(20)21(15)26-16-5-3-1-2-4-6-16/h7-11,13,16,23H,1-6,14H2,(H,24,26)(H,25,27). The summed E-state index contributed by atoms with van der Waals surface area (Å²) in [5.74, 6) is 0. The number of anilines is 2. The number of aromatic amines is 1. The molecular formula is C21H24N6. The van der Waals surface area contributed by atoms with Crippen molar-refractivity contribution in [2.24, 2.45) is 0 Å². The SMILES string of the molecule is N#Cc1cnc2ccc(NCc3ccn[nH]3)cc2c1NC1CCCCCC1. The molecule has 0 bridgehead atoms. The molecule has 1 aliphatic rings. The molecule has 3 aromatic rings. The molecule has 2 heterocycles. The van der Waals surface area contributed by atoms with E-state index >= 15 is 0 Å². The molecule has 3 N–H and O–H groups in total. The summed E-state index contributed by atoms with van der Waals surface area (Å²) < 4.78 is 0. The summed E-state index contributed by atoms with van der Waals surface area (Å²) >= 11 is 0. The van der Waals surface area contributed by atoms with Gasteiger partial charge in [-0.2, -0.15) is 10.4 Å². The van der Waals surface area contributed by atoms with E-state index in [9.17, 15) is 5.26 Å². The maximum atomic E-state index is 9.60. The Morgan fingerprint density at radius 1 is 1.15 bits per heavy atom. The van der Waals surface area contributed by atoms with Gasteiger partial charge < -0.3 is 10.6 Å². The normalized spacial score (nSPS) is 15.2. The van der Waals surface area contributed by atoms with Gasteiger partial charge in [0.05, 0.1) is 29.0 Å². The molecule has 0 saturated heterocycles. The van der Waals surface area contributed by atoms with Crippen molar-refractivity contribution in [3.63, 3.8) is 0 Å². The first-order valence-corrected chi connectivity index (χ1v) is 9.65. The first-order chi connectivity index (χ1) is 13.3. The number of benzene rings is 1. The highest BCUT2D eigenvalue weighted by Gasteiger charge is 2.16. The van der Waals surface area contributed by atoms with Crippen LogP contribution >= 0.6 is 0 Å². The fraction of sp³-hybridized carbons (Fsp3) is 0.381. The van der Waals surface area contributed by atoms with Crippen molar-refractivity contribution in [3.05, 3.63) is 47.9 Å². The quantitative estimate of drug-likeness (QED) is 0.580. The van der Waals surface area contributed by atoms with Gasteiger partial charge in [0.1, 0.15) is 6.07 Å². The van der Waals surface area contributed by atoms with E-state index in [0.29, 0.717) is 18.2 Å². The van der Waals surface area contributed by atoms with Gasteiger partial charge in [-0.1, -0.05) is 25.7 Å². The predicted octanol–water partition coefficient (Wildman–Crippen LogP) is 4.58. The number of pyridine rings is 1. The van der Waals surface area contributed by atoms with Gasteiger partial charge in [-0.05, 0) is 37.1 Å². The first kappa shape index (κ1) is 17.3. The Morgan fingerprint density at radius 3 is 2.74 bits per heavy atom. The number of aromatic nitrogens is 3. The maximum Gasteiger partial charge on any atom is 0.103 e. The minimum Gasteiger partial charge on any atom is -0.381 e. The second-order valence-corrected chi connectivity index (χ2v) is 7.16. The molecule has 1 saturated carbocycles. The smallest absolute Gasteiger partial charge is 0.103 e. The van der Waals surface area contributed by atoms with E-state index < -0.39 is 0 Å². The number of rotatable bonds is 5. The Kier molecular flexibility index (Phi) is 5.20. The van der Waals surface area contributed by atoms with Crippen molar-refractivity contribution in [1.82, 2.24) is 15.2 Å². The molecule has 2 aromatic heterocycles. The molecule has 0 atom stereocenters. The highest BCUT2D eigenvalue weighted by atomic mass is 15.1. The Balaban J connectivity index is 1.64. The van der Waals surface area contributed by atoms with Crippen molar-refractivity contribution >= 4 is 22.3 Å². The van der Waals surface area contributed by atoms with Crippen LogP contribution in [0.4, 0.5) is 11.4 Å². The van der Waals surface area contributed by atoms with Gasteiger partial charge in [0.2, 0.25) is 0 Å². The number of hydrogen-bond acceptors (Lipinski definition) is 5. The number of H-pyrrole nitrogens is 1. The van der Waals surface area contributed by atoms with Crippen LogP contribution in [0.15, 0.2) is 36.7 Å².